The Labute approximate surface area is 175 Å². The average molecular weight is 418 g/mol. The molecule has 0 saturated carbocycles. The zero-order valence-electron chi connectivity index (χ0n) is 17.0. The zero-order chi connectivity index (χ0) is 21.2. The molecule has 2 aromatic rings. The number of hydrogen-bond acceptors (Lipinski definition) is 6. The normalized spacial score (nSPS) is 11.6. The van der Waals surface area contributed by atoms with Crippen LogP contribution in [-0.4, -0.2) is 38.5 Å². The minimum atomic E-state index is -0.496. The number of benzene rings is 1. The van der Waals surface area contributed by atoms with Crippen molar-refractivity contribution in [3.8, 4) is 5.75 Å². The van der Waals surface area contributed by atoms with Crippen LogP contribution in [-0.2, 0) is 17.9 Å². The summed E-state index contributed by atoms with van der Waals surface area (Å²) in [7, 11) is 0. The van der Waals surface area contributed by atoms with E-state index in [1.54, 1.807) is 6.08 Å². The van der Waals surface area contributed by atoms with Crippen molar-refractivity contribution in [2.45, 2.75) is 51.5 Å². The molecule has 0 aliphatic rings. The van der Waals surface area contributed by atoms with Crippen LogP contribution in [0.4, 0.5) is 4.79 Å². The van der Waals surface area contributed by atoms with Crippen molar-refractivity contribution < 1.29 is 14.3 Å². The van der Waals surface area contributed by atoms with Gasteiger partial charge in [-0.25, -0.2) is 4.79 Å². The lowest BCUT2D eigenvalue weighted by Gasteiger charge is -2.12. The van der Waals surface area contributed by atoms with Crippen molar-refractivity contribution in [3.63, 3.8) is 0 Å². The molecule has 0 radical (unpaired) electrons. The van der Waals surface area contributed by atoms with Crippen molar-refractivity contribution in [3.05, 3.63) is 48.3 Å². The molecule has 2 rings (SSSR count). The lowest BCUT2D eigenvalue weighted by Crippen LogP contribution is -2.43. The summed E-state index contributed by atoms with van der Waals surface area (Å²) < 4.78 is 7.63. The second-order valence-electron chi connectivity index (χ2n) is 6.52. The van der Waals surface area contributed by atoms with E-state index in [4.69, 9.17) is 4.74 Å². The maximum absolute atomic E-state index is 12.0. The van der Waals surface area contributed by atoms with E-state index in [0.717, 1.165) is 17.7 Å². The predicted molar refractivity (Wildman–Crippen MR) is 113 cm³/mol. The fourth-order valence-electron chi connectivity index (χ4n) is 2.35. The fraction of sp³-hybridized carbons (Fsp3) is 0.400. The van der Waals surface area contributed by atoms with E-state index in [9.17, 15) is 9.59 Å². The van der Waals surface area contributed by atoms with Crippen LogP contribution in [0.3, 0.4) is 0 Å². The number of urea groups is 1. The Morgan fingerprint density at radius 1 is 1.38 bits per heavy atom. The van der Waals surface area contributed by atoms with Crippen LogP contribution in [0.1, 0.15) is 31.7 Å². The van der Waals surface area contributed by atoms with Crippen molar-refractivity contribution in [2.75, 3.05) is 5.75 Å². The maximum atomic E-state index is 12.0. The van der Waals surface area contributed by atoms with Crippen molar-refractivity contribution in [1.82, 2.24) is 25.4 Å². The molecule has 2 N–H and O–H groups in total. The Morgan fingerprint density at radius 2 is 2.17 bits per heavy atom. The molecular weight excluding hydrogens is 390 g/mol. The van der Waals surface area contributed by atoms with Gasteiger partial charge in [0.1, 0.15) is 12.4 Å². The number of nitrogens with one attached hydrogen (secondary N) is 2. The summed E-state index contributed by atoms with van der Waals surface area (Å²) >= 11 is 1.20. The third-order valence-electron chi connectivity index (χ3n) is 4.04. The van der Waals surface area contributed by atoms with Gasteiger partial charge in [-0.05, 0) is 38.0 Å². The summed E-state index contributed by atoms with van der Waals surface area (Å²) in [5.74, 6) is 1.02. The molecule has 1 heterocycles. The van der Waals surface area contributed by atoms with Crippen LogP contribution >= 0.6 is 11.8 Å². The van der Waals surface area contributed by atoms with Crippen molar-refractivity contribution >= 4 is 23.7 Å². The largest absolute Gasteiger partial charge is 0.486 e. The van der Waals surface area contributed by atoms with E-state index in [-0.39, 0.29) is 18.4 Å². The molecule has 8 nitrogen and oxygen atoms in total. The highest BCUT2D eigenvalue weighted by molar-refractivity contribution is 7.99. The molecule has 1 aromatic carbocycles. The van der Waals surface area contributed by atoms with Gasteiger partial charge in [-0.15, -0.1) is 16.8 Å². The van der Waals surface area contributed by atoms with Crippen LogP contribution in [0.15, 0.2) is 42.1 Å². The first-order valence-electron chi connectivity index (χ1n) is 9.38. The number of amides is 3. The molecule has 0 spiro atoms. The number of carbonyl (C=O) groups excluding carboxylic acids is 2. The fourth-order valence-corrected chi connectivity index (χ4v) is 3.12. The second-order valence-corrected chi connectivity index (χ2v) is 7.47. The van der Waals surface area contributed by atoms with Crippen LogP contribution in [0.5, 0.6) is 5.75 Å². The minimum absolute atomic E-state index is 0.00195. The topological polar surface area (TPSA) is 98.1 Å². The van der Waals surface area contributed by atoms with Gasteiger partial charge in [-0.3, -0.25) is 14.7 Å². The minimum Gasteiger partial charge on any atom is -0.486 e. The van der Waals surface area contributed by atoms with Gasteiger partial charge in [0.15, 0.2) is 11.0 Å². The molecule has 9 heteroatoms. The Bertz CT molecular complexity index is 852. The molecule has 1 aromatic heterocycles. The maximum Gasteiger partial charge on any atom is 0.321 e. The standard InChI is InChI=1S/C20H27N5O3S/c1-5-10-25-17(12-28-16-9-7-8-14(3)11-16)23-24-20(25)29-13-18(26)22-19(27)21-15(4)6-2/h5,7-9,11,15H,1,6,10,12-13H2,2-4H3,(H2,21,22,26,27)/t15-/m0/s1. The Hall–Kier alpha value is -2.81. The number of carbonyl (C=O) groups is 2. The highest BCUT2D eigenvalue weighted by atomic mass is 32.2. The smallest absolute Gasteiger partial charge is 0.321 e. The lowest BCUT2D eigenvalue weighted by molar-refractivity contribution is -0.117. The van der Waals surface area contributed by atoms with Gasteiger partial charge in [0.25, 0.3) is 0 Å². The molecule has 0 saturated heterocycles. The highest BCUT2D eigenvalue weighted by Gasteiger charge is 2.15. The number of hydrogen-bond donors (Lipinski definition) is 2. The molecule has 1 atom stereocenters. The van der Waals surface area contributed by atoms with Gasteiger partial charge >= 0.3 is 6.03 Å². The molecule has 3 amide bonds. The molecular formula is C20H27N5O3S. The first-order chi connectivity index (χ1) is 13.9. The quantitative estimate of drug-likeness (QED) is 0.455. The van der Waals surface area contributed by atoms with E-state index in [1.165, 1.54) is 11.8 Å². The SMILES string of the molecule is C=CCn1c(COc2cccc(C)c2)nnc1SCC(=O)NC(=O)N[C@@H](C)CC. The summed E-state index contributed by atoms with van der Waals surface area (Å²) in [6.07, 6.45) is 2.51. The number of ether oxygens (including phenoxy) is 1. The van der Waals surface area contributed by atoms with E-state index >= 15 is 0 Å². The van der Waals surface area contributed by atoms with Gasteiger partial charge in [0.05, 0.1) is 5.75 Å². The third-order valence-corrected chi connectivity index (χ3v) is 5.00. The number of allylic oxidation sites excluding steroid dienone is 1. The number of thioether (sulfide) groups is 1. The summed E-state index contributed by atoms with van der Waals surface area (Å²) in [4.78, 5) is 23.8. The van der Waals surface area contributed by atoms with Gasteiger partial charge in [-0.2, -0.15) is 0 Å². The summed E-state index contributed by atoms with van der Waals surface area (Å²) in [6, 6.07) is 7.25. The summed E-state index contributed by atoms with van der Waals surface area (Å²) in [5, 5.41) is 13.9. The molecule has 0 aliphatic carbocycles. The Kier molecular flexibility index (Phi) is 8.72. The van der Waals surface area contributed by atoms with E-state index in [1.807, 2.05) is 49.6 Å². The number of aryl methyl sites for hydroxylation is 1. The predicted octanol–water partition coefficient (Wildman–Crippen LogP) is 3.07. The number of nitrogens with zero attached hydrogens (tertiary/aromatic N) is 3. The Morgan fingerprint density at radius 3 is 2.86 bits per heavy atom. The van der Waals surface area contributed by atoms with E-state index in [0.29, 0.717) is 17.5 Å². The van der Waals surface area contributed by atoms with Crippen LogP contribution in [0, 0.1) is 6.92 Å². The summed E-state index contributed by atoms with van der Waals surface area (Å²) in [5.41, 5.74) is 1.11. The van der Waals surface area contributed by atoms with Crippen molar-refractivity contribution in [1.29, 1.82) is 0 Å². The van der Waals surface area contributed by atoms with Gasteiger partial charge in [0.2, 0.25) is 5.91 Å². The number of rotatable bonds is 10. The molecule has 156 valence electrons. The van der Waals surface area contributed by atoms with Crippen molar-refractivity contribution in [2.24, 2.45) is 0 Å². The molecule has 0 bridgehead atoms. The highest BCUT2D eigenvalue weighted by Crippen LogP contribution is 2.19. The van der Waals surface area contributed by atoms with E-state index < -0.39 is 11.9 Å². The average Bonchev–Trinajstić information content (AvgIpc) is 3.06. The van der Waals surface area contributed by atoms with Crippen LogP contribution in [0.2, 0.25) is 0 Å². The number of aromatic nitrogens is 3. The van der Waals surface area contributed by atoms with Crippen LogP contribution < -0.4 is 15.4 Å². The lowest BCUT2D eigenvalue weighted by atomic mass is 10.2. The van der Waals surface area contributed by atoms with Gasteiger partial charge in [-0.1, -0.05) is 36.9 Å². The van der Waals surface area contributed by atoms with Gasteiger partial charge < -0.3 is 10.1 Å². The zero-order valence-corrected chi connectivity index (χ0v) is 17.8. The Balaban J connectivity index is 1.94. The van der Waals surface area contributed by atoms with Gasteiger partial charge in [0, 0.05) is 12.6 Å². The molecule has 0 fully saturated rings. The molecule has 0 unspecified atom stereocenters. The second kappa shape index (κ2) is 11.3. The summed E-state index contributed by atoms with van der Waals surface area (Å²) in [6.45, 7) is 10.3. The number of imide groups is 1. The van der Waals surface area contributed by atoms with Crippen LogP contribution in [0.25, 0.3) is 0 Å². The first kappa shape index (κ1) is 22.5. The first-order valence-corrected chi connectivity index (χ1v) is 10.4. The van der Waals surface area contributed by atoms with E-state index in [2.05, 4.69) is 27.4 Å². The molecule has 29 heavy (non-hydrogen) atoms. The monoisotopic (exact) mass is 417 g/mol. The third kappa shape index (κ3) is 7.26. The molecule has 0 aliphatic heterocycles.